The van der Waals surface area contributed by atoms with Crippen LogP contribution in [-0.4, -0.2) is 30.7 Å². The molecule has 22 heavy (non-hydrogen) atoms. The maximum Gasteiger partial charge on any atom is 0.407 e. The molecule has 1 N–H and O–H groups in total. The number of alkyl carbamates (subject to hydrolysis) is 1. The van der Waals surface area contributed by atoms with Crippen molar-refractivity contribution < 1.29 is 18.7 Å². The van der Waals surface area contributed by atoms with Crippen LogP contribution in [0.5, 0.6) is 0 Å². The Labute approximate surface area is 134 Å². The summed E-state index contributed by atoms with van der Waals surface area (Å²) in [5, 5.41) is 2.49. The van der Waals surface area contributed by atoms with Crippen molar-refractivity contribution in [3.8, 4) is 0 Å². The third-order valence-electron chi connectivity index (χ3n) is 2.60. The van der Waals surface area contributed by atoms with E-state index in [2.05, 4.69) is 5.32 Å². The Morgan fingerprint density at radius 3 is 2.50 bits per heavy atom. The number of nitrogens with zero attached hydrogens (tertiary/aromatic N) is 1. The number of ether oxygens (including phenoxy) is 1. The molecule has 5 nitrogen and oxygen atoms in total. The zero-order chi connectivity index (χ0) is 16.9. The van der Waals surface area contributed by atoms with Crippen molar-refractivity contribution in [1.82, 2.24) is 5.32 Å². The van der Waals surface area contributed by atoms with Crippen molar-refractivity contribution in [3.63, 3.8) is 0 Å². The minimum Gasteiger partial charge on any atom is -0.444 e. The second kappa shape index (κ2) is 7.45. The predicted molar refractivity (Wildman–Crippen MR) is 83.7 cm³/mol. The molecule has 1 aromatic rings. The predicted octanol–water partition coefficient (Wildman–Crippen LogP) is 3.36. The third kappa shape index (κ3) is 5.89. The molecule has 1 aromatic carbocycles. The fourth-order valence-electron chi connectivity index (χ4n) is 1.71. The highest BCUT2D eigenvalue weighted by atomic mass is 35.5. The first-order chi connectivity index (χ1) is 10.1. The summed E-state index contributed by atoms with van der Waals surface area (Å²) in [7, 11) is 0. The van der Waals surface area contributed by atoms with Gasteiger partial charge in [-0.3, -0.25) is 4.79 Å². The Kier molecular flexibility index (Phi) is 6.17. The Balaban J connectivity index is 2.64. The number of halogens is 2. The largest absolute Gasteiger partial charge is 0.444 e. The maximum atomic E-state index is 13.2. The molecule has 0 bridgehead atoms. The van der Waals surface area contributed by atoms with Gasteiger partial charge < -0.3 is 15.0 Å². The van der Waals surface area contributed by atoms with Crippen molar-refractivity contribution in [1.29, 1.82) is 0 Å². The lowest BCUT2D eigenvalue weighted by molar-refractivity contribution is -0.116. The standard InChI is InChI=1S/C15H20ClFN2O3/c1-10(20)19(11-5-6-13(17)12(16)9-11)8-7-18-14(21)22-15(2,3)4/h5-6,9H,7-8H2,1-4H3,(H,18,21). The minimum absolute atomic E-state index is 0.0659. The summed E-state index contributed by atoms with van der Waals surface area (Å²) in [4.78, 5) is 24.6. The van der Waals surface area contributed by atoms with Crippen LogP contribution in [0.2, 0.25) is 5.02 Å². The van der Waals surface area contributed by atoms with E-state index in [0.717, 1.165) is 0 Å². The van der Waals surface area contributed by atoms with Crippen molar-refractivity contribution in [2.24, 2.45) is 0 Å². The number of carbonyl (C=O) groups is 2. The van der Waals surface area contributed by atoms with Gasteiger partial charge in [0.05, 0.1) is 5.02 Å². The maximum absolute atomic E-state index is 13.2. The number of carbonyl (C=O) groups excluding carboxylic acids is 2. The molecule has 0 saturated carbocycles. The molecule has 0 aromatic heterocycles. The van der Waals surface area contributed by atoms with E-state index in [4.69, 9.17) is 16.3 Å². The van der Waals surface area contributed by atoms with Crippen LogP contribution in [-0.2, 0) is 9.53 Å². The van der Waals surface area contributed by atoms with Gasteiger partial charge in [0, 0.05) is 25.7 Å². The molecule has 0 saturated heterocycles. The van der Waals surface area contributed by atoms with Crippen molar-refractivity contribution in [2.75, 3.05) is 18.0 Å². The molecular formula is C15H20ClFN2O3. The highest BCUT2D eigenvalue weighted by Crippen LogP contribution is 2.22. The van der Waals surface area contributed by atoms with Crippen LogP contribution < -0.4 is 10.2 Å². The number of rotatable bonds is 4. The Bertz CT molecular complexity index is 558. The first-order valence-electron chi connectivity index (χ1n) is 6.80. The number of hydrogen-bond donors (Lipinski definition) is 1. The van der Waals surface area contributed by atoms with Gasteiger partial charge in [-0.25, -0.2) is 9.18 Å². The molecule has 0 radical (unpaired) electrons. The van der Waals surface area contributed by atoms with Crippen LogP contribution in [0.1, 0.15) is 27.7 Å². The average Bonchev–Trinajstić information content (AvgIpc) is 2.35. The fourth-order valence-corrected chi connectivity index (χ4v) is 1.88. The monoisotopic (exact) mass is 330 g/mol. The second-order valence-corrected chi connectivity index (χ2v) is 6.10. The van der Waals surface area contributed by atoms with Gasteiger partial charge in [-0.1, -0.05) is 11.6 Å². The molecule has 122 valence electrons. The molecule has 0 spiro atoms. The molecule has 0 aliphatic rings. The highest BCUT2D eigenvalue weighted by Gasteiger charge is 2.17. The van der Waals surface area contributed by atoms with Crippen LogP contribution >= 0.6 is 11.6 Å². The number of nitrogens with one attached hydrogen (secondary N) is 1. The molecule has 2 amide bonds. The van der Waals surface area contributed by atoms with Gasteiger partial charge in [0.2, 0.25) is 5.91 Å². The molecule has 0 unspecified atom stereocenters. The lowest BCUT2D eigenvalue weighted by Crippen LogP contribution is -2.39. The first kappa shape index (κ1) is 18.2. The van der Waals surface area contributed by atoms with E-state index < -0.39 is 17.5 Å². The minimum atomic E-state index is -0.588. The Hall–Kier alpha value is -1.82. The van der Waals surface area contributed by atoms with Gasteiger partial charge in [-0.2, -0.15) is 0 Å². The molecule has 0 fully saturated rings. The lowest BCUT2D eigenvalue weighted by Gasteiger charge is -2.23. The van der Waals surface area contributed by atoms with E-state index in [1.807, 2.05) is 0 Å². The van der Waals surface area contributed by atoms with E-state index in [1.165, 1.54) is 30.0 Å². The van der Waals surface area contributed by atoms with Gasteiger partial charge in [0.1, 0.15) is 11.4 Å². The average molecular weight is 331 g/mol. The van der Waals surface area contributed by atoms with Crippen molar-refractivity contribution >= 4 is 29.3 Å². The van der Waals surface area contributed by atoms with Crippen molar-refractivity contribution in [2.45, 2.75) is 33.3 Å². The molecule has 0 aliphatic carbocycles. The quantitative estimate of drug-likeness (QED) is 0.921. The topological polar surface area (TPSA) is 58.6 Å². The normalized spacial score (nSPS) is 11.0. The second-order valence-electron chi connectivity index (χ2n) is 5.70. The van der Waals surface area contributed by atoms with Crippen LogP contribution in [0.25, 0.3) is 0 Å². The van der Waals surface area contributed by atoms with Gasteiger partial charge >= 0.3 is 6.09 Å². The molecule has 0 aliphatic heterocycles. The number of benzene rings is 1. The molecular weight excluding hydrogens is 311 g/mol. The van der Waals surface area contributed by atoms with Gasteiger partial charge in [0.15, 0.2) is 0 Å². The smallest absolute Gasteiger partial charge is 0.407 e. The van der Waals surface area contributed by atoms with E-state index in [-0.39, 0.29) is 24.0 Å². The summed E-state index contributed by atoms with van der Waals surface area (Å²) >= 11 is 5.72. The number of anilines is 1. The number of amides is 2. The zero-order valence-electron chi connectivity index (χ0n) is 13.1. The van der Waals surface area contributed by atoms with Crippen molar-refractivity contribution in [3.05, 3.63) is 29.0 Å². The molecule has 1 rings (SSSR count). The summed E-state index contributed by atoms with van der Waals surface area (Å²) in [5.41, 5.74) is -0.126. The zero-order valence-corrected chi connectivity index (χ0v) is 13.8. The summed E-state index contributed by atoms with van der Waals surface area (Å²) in [6.45, 7) is 7.07. The van der Waals surface area contributed by atoms with E-state index in [0.29, 0.717) is 5.69 Å². The van der Waals surface area contributed by atoms with Crippen LogP contribution in [0.4, 0.5) is 14.9 Å². The Morgan fingerprint density at radius 1 is 1.36 bits per heavy atom. The third-order valence-corrected chi connectivity index (χ3v) is 2.89. The lowest BCUT2D eigenvalue weighted by atomic mass is 10.2. The van der Waals surface area contributed by atoms with Gasteiger partial charge in [-0.15, -0.1) is 0 Å². The van der Waals surface area contributed by atoms with E-state index >= 15 is 0 Å². The van der Waals surface area contributed by atoms with Gasteiger partial charge in [0.25, 0.3) is 0 Å². The summed E-state index contributed by atoms with van der Waals surface area (Å²) < 4.78 is 18.3. The Morgan fingerprint density at radius 2 is 2.00 bits per heavy atom. The molecule has 0 atom stereocenters. The molecule has 0 heterocycles. The fraction of sp³-hybridized carbons (Fsp3) is 0.467. The summed E-state index contributed by atoms with van der Waals surface area (Å²) in [5.74, 6) is -0.797. The summed E-state index contributed by atoms with van der Waals surface area (Å²) in [6.07, 6.45) is -0.562. The van der Waals surface area contributed by atoms with E-state index in [9.17, 15) is 14.0 Å². The number of hydrogen-bond acceptors (Lipinski definition) is 3. The van der Waals surface area contributed by atoms with Gasteiger partial charge in [-0.05, 0) is 39.0 Å². The van der Waals surface area contributed by atoms with Crippen LogP contribution in [0.15, 0.2) is 18.2 Å². The first-order valence-corrected chi connectivity index (χ1v) is 7.18. The van der Waals surface area contributed by atoms with E-state index in [1.54, 1.807) is 20.8 Å². The molecule has 7 heteroatoms. The van der Waals surface area contributed by atoms with Crippen LogP contribution in [0.3, 0.4) is 0 Å². The van der Waals surface area contributed by atoms with Crippen LogP contribution in [0, 0.1) is 5.82 Å². The SMILES string of the molecule is CC(=O)N(CCNC(=O)OC(C)(C)C)c1ccc(F)c(Cl)c1. The summed E-state index contributed by atoms with van der Waals surface area (Å²) in [6, 6.07) is 4.01. The highest BCUT2D eigenvalue weighted by molar-refractivity contribution is 6.31.